The third-order valence-electron chi connectivity index (χ3n) is 3.48. The lowest BCUT2D eigenvalue weighted by Gasteiger charge is -2.10. The summed E-state index contributed by atoms with van der Waals surface area (Å²) in [5.41, 5.74) is 4.20. The van der Waals surface area contributed by atoms with Crippen LogP contribution in [-0.4, -0.2) is 14.7 Å². The Hall–Kier alpha value is -2.55. The molecule has 1 heterocycles. The number of phenolic OH excluding ortho intramolecular Hbond substituents is 1. The Morgan fingerprint density at radius 2 is 1.55 bits per heavy atom. The van der Waals surface area contributed by atoms with Gasteiger partial charge >= 0.3 is 0 Å². The molecule has 0 saturated carbocycles. The zero-order chi connectivity index (χ0) is 14.1. The molecule has 0 aliphatic rings. The van der Waals surface area contributed by atoms with Crippen molar-refractivity contribution in [1.82, 2.24) is 9.55 Å². The summed E-state index contributed by atoms with van der Waals surface area (Å²) < 4.78 is 2.12. The van der Waals surface area contributed by atoms with Crippen LogP contribution in [0.5, 0.6) is 5.75 Å². The van der Waals surface area contributed by atoms with E-state index in [1.54, 1.807) is 12.1 Å². The van der Waals surface area contributed by atoms with Gasteiger partial charge in [-0.05, 0) is 38.1 Å². The van der Waals surface area contributed by atoms with E-state index >= 15 is 0 Å². The highest BCUT2D eigenvalue weighted by Crippen LogP contribution is 2.26. The normalized spacial score (nSPS) is 10.7. The van der Waals surface area contributed by atoms with Crippen molar-refractivity contribution in [3.63, 3.8) is 0 Å². The second-order valence-corrected chi connectivity index (χ2v) is 4.82. The maximum Gasteiger partial charge on any atom is 0.145 e. The summed E-state index contributed by atoms with van der Waals surface area (Å²) in [6.45, 7) is 4.07. The molecule has 3 heteroatoms. The van der Waals surface area contributed by atoms with Crippen LogP contribution in [0.25, 0.3) is 17.1 Å². The molecule has 3 aromatic rings. The van der Waals surface area contributed by atoms with Crippen molar-refractivity contribution >= 4 is 0 Å². The highest BCUT2D eigenvalue weighted by molar-refractivity contribution is 5.60. The van der Waals surface area contributed by atoms with Crippen molar-refractivity contribution in [1.29, 1.82) is 0 Å². The van der Waals surface area contributed by atoms with Gasteiger partial charge in [0.2, 0.25) is 0 Å². The van der Waals surface area contributed by atoms with E-state index in [4.69, 9.17) is 0 Å². The number of aromatic nitrogens is 2. The van der Waals surface area contributed by atoms with Crippen molar-refractivity contribution in [2.24, 2.45) is 0 Å². The van der Waals surface area contributed by atoms with Crippen LogP contribution in [0.2, 0.25) is 0 Å². The van der Waals surface area contributed by atoms with Gasteiger partial charge in [-0.15, -0.1) is 0 Å². The van der Waals surface area contributed by atoms with Gasteiger partial charge in [0.15, 0.2) is 0 Å². The van der Waals surface area contributed by atoms with Crippen LogP contribution in [0.15, 0.2) is 54.6 Å². The van der Waals surface area contributed by atoms with Gasteiger partial charge in [0.1, 0.15) is 11.6 Å². The van der Waals surface area contributed by atoms with Crippen molar-refractivity contribution in [3.05, 3.63) is 66.0 Å². The SMILES string of the molecule is Cc1nc(-c2ccccc2)n(-c2ccc(O)cc2)c1C. The summed E-state index contributed by atoms with van der Waals surface area (Å²) in [6.07, 6.45) is 0. The highest BCUT2D eigenvalue weighted by Gasteiger charge is 2.14. The van der Waals surface area contributed by atoms with Gasteiger partial charge in [0.25, 0.3) is 0 Å². The summed E-state index contributed by atoms with van der Waals surface area (Å²) >= 11 is 0. The highest BCUT2D eigenvalue weighted by atomic mass is 16.3. The van der Waals surface area contributed by atoms with Gasteiger partial charge in [-0.1, -0.05) is 30.3 Å². The molecule has 3 rings (SSSR count). The fourth-order valence-corrected chi connectivity index (χ4v) is 2.31. The summed E-state index contributed by atoms with van der Waals surface area (Å²) in [6, 6.07) is 17.3. The van der Waals surface area contributed by atoms with Crippen molar-refractivity contribution in [2.45, 2.75) is 13.8 Å². The number of hydrogen-bond donors (Lipinski definition) is 1. The first-order chi connectivity index (χ1) is 9.66. The molecule has 0 unspecified atom stereocenters. The zero-order valence-corrected chi connectivity index (χ0v) is 11.5. The molecule has 100 valence electrons. The molecule has 3 nitrogen and oxygen atoms in total. The van der Waals surface area contributed by atoms with Gasteiger partial charge in [0, 0.05) is 16.9 Å². The number of aryl methyl sites for hydroxylation is 1. The molecule has 1 aromatic heterocycles. The van der Waals surface area contributed by atoms with Crippen LogP contribution in [-0.2, 0) is 0 Å². The largest absolute Gasteiger partial charge is 0.508 e. The maximum atomic E-state index is 9.44. The monoisotopic (exact) mass is 264 g/mol. The first kappa shape index (κ1) is 12.5. The van der Waals surface area contributed by atoms with Crippen LogP contribution in [0.4, 0.5) is 0 Å². The first-order valence-corrected chi connectivity index (χ1v) is 6.57. The summed E-state index contributed by atoms with van der Waals surface area (Å²) in [5, 5.41) is 9.44. The lowest BCUT2D eigenvalue weighted by atomic mass is 10.2. The van der Waals surface area contributed by atoms with Crippen LogP contribution >= 0.6 is 0 Å². The van der Waals surface area contributed by atoms with Gasteiger partial charge in [-0.2, -0.15) is 0 Å². The maximum absolute atomic E-state index is 9.44. The third kappa shape index (κ3) is 2.07. The third-order valence-corrected chi connectivity index (χ3v) is 3.48. The average molecular weight is 264 g/mol. The molecule has 0 aliphatic carbocycles. The Morgan fingerprint density at radius 1 is 0.900 bits per heavy atom. The molecule has 0 radical (unpaired) electrons. The molecular formula is C17H16N2O. The van der Waals surface area contributed by atoms with Crippen molar-refractivity contribution in [3.8, 4) is 22.8 Å². The van der Waals surface area contributed by atoms with Crippen molar-refractivity contribution in [2.75, 3.05) is 0 Å². The lowest BCUT2D eigenvalue weighted by Crippen LogP contribution is -1.99. The topological polar surface area (TPSA) is 38.0 Å². The van der Waals surface area contributed by atoms with Gasteiger partial charge in [-0.25, -0.2) is 4.98 Å². The van der Waals surface area contributed by atoms with E-state index < -0.39 is 0 Å². The van der Waals surface area contributed by atoms with Gasteiger partial charge in [-0.3, -0.25) is 4.57 Å². The van der Waals surface area contributed by atoms with Crippen LogP contribution in [0.1, 0.15) is 11.4 Å². The van der Waals surface area contributed by atoms with Crippen LogP contribution in [0.3, 0.4) is 0 Å². The summed E-state index contributed by atoms with van der Waals surface area (Å²) in [5.74, 6) is 1.19. The second-order valence-electron chi connectivity index (χ2n) is 4.82. The number of imidazole rings is 1. The number of benzene rings is 2. The Bertz CT molecular complexity index is 728. The standard InChI is InChI=1S/C17H16N2O/c1-12-13(2)19(15-8-10-16(20)11-9-15)17(18-12)14-6-4-3-5-7-14/h3-11,20H,1-2H3. The number of nitrogens with zero attached hydrogens (tertiary/aromatic N) is 2. The minimum Gasteiger partial charge on any atom is -0.508 e. The Balaban J connectivity index is 2.22. The van der Waals surface area contributed by atoms with Gasteiger partial charge in [0.05, 0.1) is 5.69 Å². The zero-order valence-electron chi connectivity index (χ0n) is 11.5. The number of hydrogen-bond acceptors (Lipinski definition) is 2. The molecule has 0 saturated heterocycles. The predicted molar refractivity (Wildman–Crippen MR) is 80.1 cm³/mol. The van der Waals surface area contributed by atoms with E-state index in [2.05, 4.69) is 28.6 Å². The van der Waals surface area contributed by atoms with Crippen molar-refractivity contribution < 1.29 is 5.11 Å². The molecule has 1 N–H and O–H groups in total. The number of aromatic hydroxyl groups is 1. The smallest absolute Gasteiger partial charge is 0.145 e. The molecular weight excluding hydrogens is 248 g/mol. The van der Waals surface area contributed by atoms with E-state index in [-0.39, 0.29) is 5.75 Å². The molecule has 0 aliphatic heterocycles. The first-order valence-electron chi connectivity index (χ1n) is 6.57. The van der Waals surface area contributed by atoms with E-state index in [1.807, 2.05) is 37.3 Å². The summed E-state index contributed by atoms with van der Waals surface area (Å²) in [7, 11) is 0. The number of rotatable bonds is 2. The fraction of sp³-hybridized carbons (Fsp3) is 0.118. The van der Waals surface area contributed by atoms with E-state index in [0.29, 0.717) is 0 Å². The molecule has 0 atom stereocenters. The average Bonchev–Trinajstić information content (AvgIpc) is 2.77. The summed E-state index contributed by atoms with van der Waals surface area (Å²) in [4.78, 5) is 4.68. The Labute approximate surface area is 118 Å². The minimum absolute atomic E-state index is 0.268. The van der Waals surface area contributed by atoms with E-state index in [9.17, 15) is 5.11 Å². The minimum atomic E-state index is 0.268. The molecule has 0 amide bonds. The molecule has 2 aromatic carbocycles. The molecule has 0 fully saturated rings. The Kier molecular flexibility index (Phi) is 3.03. The second kappa shape index (κ2) is 4.85. The fourth-order valence-electron chi connectivity index (χ4n) is 2.31. The van der Waals surface area contributed by atoms with E-state index in [1.165, 1.54) is 0 Å². The number of phenols is 1. The lowest BCUT2D eigenvalue weighted by molar-refractivity contribution is 0.475. The Morgan fingerprint density at radius 3 is 2.20 bits per heavy atom. The van der Waals surface area contributed by atoms with Crippen LogP contribution in [0, 0.1) is 13.8 Å². The van der Waals surface area contributed by atoms with Crippen LogP contribution < -0.4 is 0 Å². The van der Waals surface area contributed by atoms with E-state index in [0.717, 1.165) is 28.5 Å². The van der Waals surface area contributed by atoms with Gasteiger partial charge < -0.3 is 5.11 Å². The molecule has 0 bridgehead atoms. The molecule has 20 heavy (non-hydrogen) atoms. The molecule has 0 spiro atoms. The predicted octanol–water partition coefficient (Wildman–Crippen LogP) is 3.86. The quantitative estimate of drug-likeness (QED) is 0.763.